The van der Waals surface area contributed by atoms with Gasteiger partial charge in [-0.05, 0) is 6.42 Å². The van der Waals surface area contributed by atoms with Gasteiger partial charge in [0.05, 0.1) is 19.0 Å². The zero-order valence-electron chi connectivity index (χ0n) is 12.0. The van der Waals surface area contributed by atoms with Gasteiger partial charge in [0, 0.05) is 19.5 Å². The molecule has 0 aromatic carbocycles. The molecule has 4 N–H and O–H groups in total. The molecule has 0 aliphatic carbocycles. The normalized spacial score (nSPS) is 28.3. The molecule has 0 saturated carbocycles. The lowest BCUT2D eigenvalue weighted by Gasteiger charge is -2.32. The molecule has 4 rings (SSSR count). The van der Waals surface area contributed by atoms with Crippen LogP contribution in [0.3, 0.4) is 0 Å². The van der Waals surface area contributed by atoms with Crippen LogP contribution in [0.25, 0.3) is 11.2 Å². The summed E-state index contributed by atoms with van der Waals surface area (Å²) in [6.07, 6.45) is 1.34. The summed E-state index contributed by atoms with van der Waals surface area (Å²) in [5.74, 6) is 0.890. The molecule has 4 heterocycles. The van der Waals surface area contributed by atoms with Crippen LogP contribution in [0.4, 0.5) is 11.8 Å². The molecule has 0 spiro atoms. The average molecular weight is 306 g/mol. The Bertz CT molecular complexity index is 700. The number of aliphatic hydroxyl groups excluding tert-OH is 2. The van der Waals surface area contributed by atoms with Crippen LogP contribution in [0.15, 0.2) is 6.33 Å². The fourth-order valence-electron chi connectivity index (χ4n) is 2.95. The first-order chi connectivity index (χ1) is 10.7. The molecule has 3 unspecified atom stereocenters. The molecule has 2 aromatic heterocycles. The summed E-state index contributed by atoms with van der Waals surface area (Å²) >= 11 is 0. The molecule has 2 fully saturated rings. The highest BCUT2D eigenvalue weighted by Gasteiger charge is 2.36. The fourth-order valence-corrected chi connectivity index (χ4v) is 2.95. The summed E-state index contributed by atoms with van der Waals surface area (Å²) in [6.45, 7) is 1.72. The van der Waals surface area contributed by atoms with Crippen LogP contribution in [-0.4, -0.2) is 61.6 Å². The van der Waals surface area contributed by atoms with Crippen molar-refractivity contribution in [2.24, 2.45) is 0 Å². The molecule has 0 amide bonds. The second-order valence-electron chi connectivity index (χ2n) is 5.70. The number of aliphatic hydroxyl groups is 2. The molecule has 118 valence electrons. The van der Waals surface area contributed by atoms with Gasteiger partial charge in [-0.15, -0.1) is 0 Å². The van der Waals surface area contributed by atoms with Crippen molar-refractivity contribution < 1.29 is 14.9 Å². The number of hydrogen-bond donors (Lipinski definition) is 3. The highest BCUT2D eigenvalue weighted by Crippen LogP contribution is 2.33. The SMILES string of the molecule is Nc1nc(N2CCC2)c2ncn(C3OC(CO)CC3O)c2n1. The highest BCUT2D eigenvalue weighted by molar-refractivity contribution is 5.85. The number of ether oxygens (including phenoxy) is 1. The van der Waals surface area contributed by atoms with Crippen molar-refractivity contribution in [3.63, 3.8) is 0 Å². The zero-order valence-corrected chi connectivity index (χ0v) is 12.0. The minimum absolute atomic E-state index is 0.129. The molecular formula is C13H18N6O3. The summed E-state index contributed by atoms with van der Waals surface area (Å²) < 4.78 is 7.33. The third-order valence-corrected chi connectivity index (χ3v) is 4.22. The van der Waals surface area contributed by atoms with Gasteiger partial charge in [0.25, 0.3) is 0 Å². The lowest BCUT2D eigenvalue weighted by molar-refractivity contribution is -0.0486. The Balaban J connectivity index is 1.78. The van der Waals surface area contributed by atoms with Gasteiger partial charge in [0.1, 0.15) is 6.10 Å². The number of rotatable bonds is 3. The molecule has 9 nitrogen and oxygen atoms in total. The van der Waals surface area contributed by atoms with E-state index in [9.17, 15) is 10.2 Å². The average Bonchev–Trinajstić information content (AvgIpc) is 3.00. The van der Waals surface area contributed by atoms with Crippen molar-refractivity contribution in [2.45, 2.75) is 31.3 Å². The van der Waals surface area contributed by atoms with E-state index in [1.54, 1.807) is 10.9 Å². The van der Waals surface area contributed by atoms with Crippen LogP contribution in [0.5, 0.6) is 0 Å². The Labute approximate surface area is 126 Å². The number of anilines is 2. The maximum absolute atomic E-state index is 10.2. The Morgan fingerprint density at radius 1 is 1.36 bits per heavy atom. The number of fused-ring (bicyclic) bond motifs is 1. The van der Waals surface area contributed by atoms with Gasteiger partial charge in [-0.25, -0.2) is 4.98 Å². The van der Waals surface area contributed by atoms with E-state index in [0.717, 1.165) is 25.3 Å². The summed E-state index contributed by atoms with van der Waals surface area (Å²) in [6, 6.07) is 0. The van der Waals surface area contributed by atoms with E-state index in [1.165, 1.54) is 0 Å². The minimum atomic E-state index is -0.724. The summed E-state index contributed by atoms with van der Waals surface area (Å²) in [5.41, 5.74) is 7.01. The molecule has 2 aromatic rings. The van der Waals surface area contributed by atoms with Crippen molar-refractivity contribution >= 4 is 22.9 Å². The van der Waals surface area contributed by atoms with E-state index in [0.29, 0.717) is 17.6 Å². The maximum Gasteiger partial charge on any atom is 0.224 e. The first kappa shape index (κ1) is 13.7. The molecule has 22 heavy (non-hydrogen) atoms. The molecule has 2 aliphatic heterocycles. The fraction of sp³-hybridized carbons (Fsp3) is 0.615. The first-order valence-electron chi connectivity index (χ1n) is 7.36. The second kappa shape index (κ2) is 5.04. The minimum Gasteiger partial charge on any atom is -0.394 e. The van der Waals surface area contributed by atoms with E-state index in [4.69, 9.17) is 10.5 Å². The monoisotopic (exact) mass is 306 g/mol. The number of imidazole rings is 1. The molecule has 0 radical (unpaired) electrons. The maximum atomic E-state index is 10.2. The third-order valence-electron chi connectivity index (χ3n) is 4.22. The van der Waals surface area contributed by atoms with Crippen molar-refractivity contribution in [2.75, 3.05) is 30.3 Å². The van der Waals surface area contributed by atoms with Crippen LogP contribution in [-0.2, 0) is 4.74 Å². The Hall–Kier alpha value is -1.97. The summed E-state index contributed by atoms with van der Waals surface area (Å²) in [4.78, 5) is 15.0. The standard InChI is InChI=1S/C13H18N6O3/c14-13-16-10(18-2-1-3-18)9-11(17-13)19(6-15-9)12-8(21)4-7(5-20)22-12/h6-8,12,20-21H,1-5H2,(H2,14,16,17). The van der Waals surface area contributed by atoms with E-state index in [2.05, 4.69) is 19.9 Å². The van der Waals surface area contributed by atoms with Crippen LogP contribution >= 0.6 is 0 Å². The third kappa shape index (κ3) is 2.01. The largest absolute Gasteiger partial charge is 0.394 e. The smallest absolute Gasteiger partial charge is 0.224 e. The predicted octanol–water partition coefficient (Wildman–Crippen LogP) is -0.741. The van der Waals surface area contributed by atoms with Gasteiger partial charge in [-0.1, -0.05) is 0 Å². The van der Waals surface area contributed by atoms with Gasteiger partial charge in [-0.2, -0.15) is 9.97 Å². The molecule has 9 heteroatoms. The van der Waals surface area contributed by atoms with E-state index < -0.39 is 12.3 Å². The van der Waals surface area contributed by atoms with Crippen LogP contribution in [0, 0.1) is 0 Å². The zero-order chi connectivity index (χ0) is 15.3. The lowest BCUT2D eigenvalue weighted by atomic mass is 10.2. The van der Waals surface area contributed by atoms with Gasteiger partial charge in [0.2, 0.25) is 5.95 Å². The number of hydrogen-bond acceptors (Lipinski definition) is 8. The lowest BCUT2D eigenvalue weighted by Crippen LogP contribution is -2.38. The van der Waals surface area contributed by atoms with Crippen LogP contribution < -0.4 is 10.6 Å². The molecule has 0 bridgehead atoms. The van der Waals surface area contributed by atoms with E-state index in [-0.39, 0.29) is 18.7 Å². The Morgan fingerprint density at radius 2 is 2.18 bits per heavy atom. The van der Waals surface area contributed by atoms with E-state index >= 15 is 0 Å². The van der Waals surface area contributed by atoms with Crippen molar-refractivity contribution in [1.29, 1.82) is 0 Å². The van der Waals surface area contributed by atoms with E-state index in [1.807, 2.05) is 0 Å². The topological polar surface area (TPSA) is 123 Å². The number of aromatic nitrogens is 4. The second-order valence-corrected chi connectivity index (χ2v) is 5.70. The van der Waals surface area contributed by atoms with Gasteiger partial charge in [-0.3, -0.25) is 4.57 Å². The first-order valence-corrected chi connectivity index (χ1v) is 7.36. The summed E-state index contributed by atoms with van der Waals surface area (Å²) in [7, 11) is 0. The highest BCUT2D eigenvalue weighted by atomic mass is 16.5. The van der Waals surface area contributed by atoms with Gasteiger partial charge in [0.15, 0.2) is 23.2 Å². The van der Waals surface area contributed by atoms with Gasteiger partial charge < -0.3 is 25.6 Å². The van der Waals surface area contributed by atoms with Crippen LogP contribution in [0.1, 0.15) is 19.1 Å². The van der Waals surface area contributed by atoms with Crippen molar-refractivity contribution in [3.05, 3.63) is 6.33 Å². The van der Waals surface area contributed by atoms with Crippen molar-refractivity contribution in [3.8, 4) is 0 Å². The van der Waals surface area contributed by atoms with Gasteiger partial charge >= 0.3 is 0 Å². The summed E-state index contributed by atoms with van der Waals surface area (Å²) in [5, 5.41) is 19.4. The quantitative estimate of drug-likeness (QED) is 0.677. The number of nitrogen functional groups attached to an aromatic ring is 1. The Morgan fingerprint density at radius 3 is 2.82 bits per heavy atom. The molecule has 3 atom stereocenters. The van der Waals surface area contributed by atoms with Crippen LogP contribution in [0.2, 0.25) is 0 Å². The Kier molecular flexibility index (Phi) is 3.13. The molecule has 2 saturated heterocycles. The number of nitrogens with two attached hydrogens (primary N) is 1. The predicted molar refractivity (Wildman–Crippen MR) is 78.2 cm³/mol. The van der Waals surface area contributed by atoms with Crippen molar-refractivity contribution in [1.82, 2.24) is 19.5 Å². The molecule has 2 aliphatic rings. The number of nitrogens with zero attached hydrogens (tertiary/aromatic N) is 5. The molecular weight excluding hydrogens is 288 g/mol.